The molecule has 2 amide bonds. The Morgan fingerprint density at radius 1 is 1.05 bits per heavy atom. The normalized spacial score (nSPS) is 13.5. The molecule has 0 aromatic heterocycles. The number of carbonyl (C=O) groups is 3. The second-order valence-corrected chi connectivity index (χ2v) is 5.51. The number of fused-ring (bicyclic) bond motifs is 1. The molecule has 3 rings (SSSR count). The third-order valence-corrected chi connectivity index (χ3v) is 4.02. The van der Waals surface area contributed by atoms with Gasteiger partial charge in [0.05, 0.1) is 17.7 Å². The van der Waals surface area contributed by atoms with Gasteiger partial charge in [0, 0.05) is 10.6 Å². The maximum Gasteiger partial charge on any atom is 0.261 e. The van der Waals surface area contributed by atoms with Gasteiger partial charge < -0.3 is 0 Å². The SMILES string of the molecule is CC(=O)c1ccc(CN2C(=O)c3ccccc3C2=O)c(Cl)c1. The molecule has 0 spiro atoms. The zero-order valence-electron chi connectivity index (χ0n) is 11.8. The first-order chi connectivity index (χ1) is 10.5. The van der Waals surface area contributed by atoms with E-state index in [0.29, 0.717) is 27.3 Å². The zero-order valence-corrected chi connectivity index (χ0v) is 12.6. The fraction of sp³-hybridized carbons (Fsp3) is 0.118. The van der Waals surface area contributed by atoms with E-state index in [0.717, 1.165) is 0 Å². The molecular formula is C17H12ClNO3. The van der Waals surface area contributed by atoms with E-state index in [1.807, 2.05) is 0 Å². The molecule has 0 saturated carbocycles. The molecule has 0 bridgehead atoms. The third kappa shape index (κ3) is 2.31. The van der Waals surface area contributed by atoms with Crippen molar-refractivity contribution in [3.05, 3.63) is 69.7 Å². The summed E-state index contributed by atoms with van der Waals surface area (Å²) in [4.78, 5) is 37.1. The maximum absolute atomic E-state index is 12.3. The molecule has 0 fully saturated rings. The molecule has 1 aliphatic heterocycles. The first-order valence-electron chi connectivity index (χ1n) is 6.73. The van der Waals surface area contributed by atoms with Gasteiger partial charge in [-0.2, -0.15) is 0 Å². The van der Waals surface area contributed by atoms with E-state index in [-0.39, 0.29) is 24.1 Å². The molecule has 0 N–H and O–H groups in total. The highest BCUT2D eigenvalue weighted by Crippen LogP contribution is 2.27. The van der Waals surface area contributed by atoms with Crippen LogP contribution < -0.4 is 0 Å². The first-order valence-corrected chi connectivity index (χ1v) is 7.11. The van der Waals surface area contributed by atoms with Crippen LogP contribution in [0.5, 0.6) is 0 Å². The van der Waals surface area contributed by atoms with Gasteiger partial charge >= 0.3 is 0 Å². The minimum Gasteiger partial charge on any atom is -0.295 e. The Morgan fingerprint density at radius 3 is 2.14 bits per heavy atom. The fourth-order valence-corrected chi connectivity index (χ4v) is 2.69. The van der Waals surface area contributed by atoms with Crippen LogP contribution >= 0.6 is 11.6 Å². The van der Waals surface area contributed by atoms with Crippen molar-refractivity contribution >= 4 is 29.2 Å². The van der Waals surface area contributed by atoms with Crippen LogP contribution in [-0.2, 0) is 6.54 Å². The van der Waals surface area contributed by atoms with E-state index in [2.05, 4.69) is 0 Å². The zero-order chi connectivity index (χ0) is 15.9. The molecule has 2 aromatic rings. The van der Waals surface area contributed by atoms with Gasteiger partial charge in [0.1, 0.15) is 0 Å². The Hall–Kier alpha value is -2.46. The van der Waals surface area contributed by atoms with Crippen molar-refractivity contribution in [2.24, 2.45) is 0 Å². The number of hydrogen-bond donors (Lipinski definition) is 0. The van der Waals surface area contributed by atoms with E-state index in [4.69, 9.17) is 11.6 Å². The average Bonchev–Trinajstić information content (AvgIpc) is 2.74. The molecule has 0 unspecified atom stereocenters. The van der Waals surface area contributed by atoms with E-state index in [1.54, 1.807) is 42.5 Å². The minimum absolute atomic E-state index is 0.0867. The van der Waals surface area contributed by atoms with E-state index in [9.17, 15) is 14.4 Å². The Balaban J connectivity index is 1.91. The van der Waals surface area contributed by atoms with Crippen molar-refractivity contribution in [3.8, 4) is 0 Å². The smallest absolute Gasteiger partial charge is 0.261 e. The number of rotatable bonds is 3. The molecule has 0 aliphatic carbocycles. The van der Waals surface area contributed by atoms with Gasteiger partial charge in [0.15, 0.2) is 5.78 Å². The summed E-state index contributed by atoms with van der Waals surface area (Å²) in [6.45, 7) is 1.54. The van der Waals surface area contributed by atoms with Gasteiger partial charge in [-0.25, -0.2) is 0 Å². The molecule has 22 heavy (non-hydrogen) atoms. The number of ketones is 1. The standard InChI is InChI=1S/C17H12ClNO3/c1-10(20)11-6-7-12(15(18)8-11)9-19-16(21)13-4-2-3-5-14(13)17(19)22/h2-8H,9H2,1H3. The van der Waals surface area contributed by atoms with Crippen molar-refractivity contribution in [3.63, 3.8) is 0 Å². The Labute approximate surface area is 132 Å². The van der Waals surface area contributed by atoms with Gasteiger partial charge in [-0.15, -0.1) is 0 Å². The third-order valence-electron chi connectivity index (χ3n) is 3.67. The van der Waals surface area contributed by atoms with Crippen LogP contribution in [0.1, 0.15) is 43.6 Å². The predicted molar refractivity (Wildman–Crippen MR) is 82.1 cm³/mol. The quantitative estimate of drug-likeness (QED) is 0.645. The lowest BCUT2D eigenvalue weighted by Gasteiger charge is -2.15. The minimum atomic E-state index is -0.327. The van der Waals surface area contributed by atoms with Gasteiger partial charge in [0.25, 0.3) is 11.8 Å². The summed E-state index contributed by atoms with van der Waals surface area (Å²) in [5.74, 6) is -0.742. The Morgan fingerprint density at radius 2 is 1.64 bits per heavy atom. The Bertz CT molecular complexity index is 778. The number of nitrogens with zero attached hydrogens (tertiary/aromatic N) is 1. The molecule has 4 nitrogen and oxygen atoms in total. The summed E-state index contributed by atoms with van der Waals surface area (Å²) in [5.41, 5.74) is 1.94. The number of halogens is 1. The average molecular weight is 314 g/mol. The van der Waals surface area contributed by atoms with Crippen LogP contribution in [0.2, 0.25) is 5.02 Å². The number of Topliss-reactive ketones (excluding diaryl/α,β-unsaturated/α-hetero) is 1. The summed E-state index contributed by atoms with van der Waals surface area (Å²) in [7, 11) is 0. The molecule has 1 heterocycles. The van der Waals surface area contributed by atoms with Crippen molar-refractivity contribution in [1.29, 1.82) is 0 Å². The number of imide groups is 1. The van der Waals surface area contributed by atoms with Crippen LogP contribution in [0, 0.1) is 0 Å². The second-order valence-electron chi connectivity index (χ2n) is 5.10. The van der Waals surface area contributed by atoms with E-state index in [1.165, 1.54) is 11.8 Å². The Kier molecular flexibility index (Phi) is 3.54. The highest BCUT2D eigenvalue weighted by molar-refractivity contribution is 6.32. The molecule has 0 radical (unpaired) electrons. The van der Waals surface area contributed by atoms with E-state index < -0.39 is 0 Å². The number of amides is 2. The lowest BCUT2D eigenvalue weighted by molar-refractivity contribution is 0.0642. The van der Waals surface area contributed by atoms with Crippen molar-refractivity contribution in [2.75, 3.05) is 0 Å². The van der Waals surface area contributed by atoms with Crippen LogP contribution in [0.25, 0.3) is 0 Å². The lowest BCUT2D eigenvalue weighted by Crippen LogP contribution is -2.29. The molecule has 110 valence electrons. The summed E-state index contributed by atoms with van der Waals surface area (Å²) in [5, 5.41) is 0.365. The van der Waals surface area contributed by atoms with Crippen LogP contribution in [0.4, 0.5) is 0 Å². The summed E-state index contributed by atoms with van der Waals surface area (Å²) < 4.78 is 0. The van der Waals surface area contributed by atoms with Crippen LogP contribution in [0.15, 0.2) is 42.5 Å². The highest BCUT2D eigenvalue weighted by Gasteiger charge is 2.35. The highest BCUT2D eigenvalue weighted by atomic mass is 35.5. The van der Waals surface area contributed by atoms with Crippen molar-refractivity contribution in [2.45, 2.75) is 13.5 Å². The fourth-order valence-electron chi connectivity index (χ4n) is 2.45. The largest absolute Gasteiger partial charge is 0.295 e. The van der Waals surface area contributed by atoms with Crippen molar-refractivity contribution in [1.82, 2.24) is 4.90 Å². The van der Waals surface area contributed by atoms with Gasteiger partial charge in [0.2, 0.25) is 0 Å². The number of carbonyl (C=O) groups excluding carboxylic acids is 3. The summed E-state index contributed by atoms with van der Waals surface area (Å²) in [6.07, 6.45) is 0. The van der Waals surface area contributed by atoms with Crippen LogP contribution in [0.3, 0.4) is 0 Å². The van der Waals surface area contributed by atoms with Crippen molar-refractivity contribution < 1.29 is 14.4 Å². The molecule has 0 saturated heterocycles. The molecule has 0 atom stereocenters. The van der Waals surface area contributed by atoms with Gasteiger partial charge in [-0.3, -0.25) is 19.3 Å². The maximum atomic E-state index is 12.3. The van der Waals surface area contributed by atoms with Gasteiger partial charge in [-0.05, 0) is 30.7 Å². The second kappa shape index (κ2) is 5.39. The van der Waals surface area contributed by atoms with Gasteiger partial charge in [-0.1, -0.05) is 35.9 Å². The molecule has 2 aromatic carbocycles. The predicted octanol–water partition coefficient (Wildman–Crippen LogP) is 3.34. The number of benzene rings is 2. The molecular weight excluding hydrogens is 302 g/mol. The topological polar surface area (TPSA) is 54.5 Å². The molecule has 1 aliphatic rings. The number of hydrogen-bond acceptors (Lipinski definition) is 3. The lowest BCUT2D eigenvalue weighted by atomic mass is 10.1. The van der Waals surface area contributed by atoms with E-state index >= 15 is 0 Å². The van der Waals surface area contributed by atoms with Crippen LogP contribution in [-0.4, -0.2) is 22.5 Å². The molecule has 5 heteroatoms. The summed E-state index contributed by atoms with van der Waals surface area (Å²) in [6, 6.07) is 11.6. The monoisotopic (exact) mass is 313 g/mol. The summed E-state index contributed by atoms with van der Waals surface area (Å²) >= 11 is 6.16. The first kappa shape index (κ1) is 14.5.